The highest BCUT2D eigenvalue weighted by Crippen LogP contribution is 2.64. The van der Waals surface area contributed by atoms with Crippen LogP contribution in [0.2, 0.25) is 0 Å². The third kappa shape index (κ3) is 0.676. The number of hydrogen-bond donors (Lipinski definition) is 0. The molecule has 0 spiro atoms. The Balaban J connectivity index is 2.27. The molecule has 0 amide bonds. The largest absolute Gasteiger partial charge is 0.302 e. The quantitative estimate of drug-likeness (QED) is 0.360. The van der Waals surface area contributed by atoms with Crippen molar-refractivity contribution < 1.29 is 9.72 Å². The molecule has 1 aliphatic carbocycles. The van der Waals surface area contributed by atoms with E-state index in [4.69, 9.17) is 0 Å². The third-order valence-electron chi connectivity index (χ3n) is 3.09. The molecule has 0 radical (unpaired) electrons. The number of rotatable bonds is 2. The smallest absolute Gasteiger partial charge is 0.231 e. The zero-order chi connectivity index (χ0) is 8.93. The second-order valence-electron chi connectivity index (χ2n) is 3.43. The Morgan fingerprint density at radius 1 is 1.75 bits per heavy atom. The molecule has 0 unspecified atom stereocenters. The zero-order valence-electron chi connectivity index (χ0n) is 6.60. The maximum Gasteiger partial charge on any atom is 0.231 e. The van der Waals surface area contributed by atoms with Crippen LogP contribution in [0.15, 0.2) is 0 Å². The van der Waals surface area contributed by atoms with Crippen LogP contribution in [0.25, 0.3) is 0 Å². The molecule has 0 N–H and O–H groups in total. The van der Waals surface area contributed by atoms with Gasteiger partial charge in [-0.15, -0.1) is 0 Å². The number of thioether (sulfide) groups is 1. The van der Waals surface area contributed by atoms with Crippen molar-refractivity contribution in [1.82, 2.24) is 0 Å². The van der Waals surface area contributed by atoms with Gasteiger partial charge in [-0.2, -0.15) is 11.8 Å². The Labute approximate surface area is 73.9 Å². The van der Waals surface area contributed by atoms with Crippen molar-refractivity contribution in [2.45, 2.75) is 18.2 Å². The Morgan fingerprint density at radius 2 is 2.42 bits per heavy atom. The average molecular weight is 187 g/mol. The number of nitro groups is 1. The lowest BCUT2D eigenvalue weighted by Crippen LogP contribution is -2.24. The molecular weight excluding hydrogens is 178 g/mol. The molecule has 66 valence electrons. The van der Waals surface area contributed by atoms with Gasteiger partial charge in [-0.3, -0.25) is 10.1 Å². The molecule has 0 aromatic heterocycles. The van der Waals surface area contributed by atoms with Gasteiger partial charge in [-0.05, 0) is 0 Å². The standard InChI is InChI=1S/C7H9NO3S/c1-4-7(3-9)5(2-12-4)6(7)8(10)11/h3-6H,2H2,1H3/t4-,5-,6-,7-/m0/s1. The lowest BCUT2D eigenvalue weighted by Gasteiger charge is -2.10. The lowest BCUT2D eigenvalue weighted by atomic mass is 10.0. The van der Waals surface area contributed by atoms with E-state index >= 15 is 0 Å². The van der Waals surface area contributed by atoms with E-state index in [1.807, 2.05) is 6.92 Å². The molecule has 2 fully saturated rings. The molecule has 1 heterocycles. The summed E-state index contributed by atoms with van der Waals surface area (Å²) >= 11 is 1.66. The minimum absolute atomic E-state index is 0.00463. The van der Waals surface area contributed by atoms with Crippen LogP contribution in [0.4, 0.5) is 0 Å². The Hall–Kier alpha value is -0.580. The van der Waals surface area contributed by atoms with Crippen LogP contribution in [-0.4, -0.2) is 28.3 Å². The molecule has 4 nitrogen and oxygen atoms in total. The van der Waals surface area contributed by atoms with Gasteiger partial charge in [0.2, 0.25) is 6.04 Å². The molecule has 0 bridgehead atoms. The number of carbonyl (C=O) groups is 1. The first kappa shape index (κ1) is 8.04. The fourth-order valence-corrected chi connectivity index (χ4v) is 3.86. The average Bonchev–Trinajstić information content (AvgIpc) is 2.60. The van der Waals surface area contributed by atoms with E-state index in [-0.39, 0.29) is 16.1 Å². The van der Waals surface area contributed by atoms with Crippen LogP contribution < -0.4 is 0 Å². The van der Waals surface area contributed by atoms with Gasteiger partial charge >= 0.3 is 0 Å². The summed E-state index contributed by atoms with van der Waals surface area (Å²) in [6.45, 7) is 1.91. The van der Waals surface area contributed by atoms with Gasteiger partial charge in [0.25, 0.3) is 0 Å². The van der Waals surface area contributed by atoms with E-state index in [1.54, 1.807) is 11.8 Å². The molecule has 0 aromatic rings. The second kappa shape index (κ2) is 2.22. The first-order valence-corrected chi connectivity index (χ1v) is 4.91. The maximum absolute atomic E-state index is 10.8. The minimum Gasteiger partial charge on any atom is -0.302 e. The highest BCUT2D eigenvalue weighted by atomic mass is 32.2. The summed E-state index contributed by atoms with van der Waals surface area (Å²) in [5.41, 5.74) is -0.617. The molecular formula is C7H9NO3S. The third-order valence-corrected chi connectivity index (χ3v) is 4.55. The van der Waals surface area contributed by atoms with E-state index < -0.39 is 11.5 Å². The number of aldehydes is 1. The van der Waals surface area contributed by atoms with E-state index in [2.05, 4.69) is 0 Å². The number of fused-ring (bicyclic) bond motifs is 1. The van der Waals surface area contributed by atoms with Crippen molar-refractivity contribution in [3.8, 4) is 0 Å². The molecule has 5 heteroatoms. The summed E-state index contributed by atoms with van der Waals surface area (Å²) in [5, 5.41) is 10.6. The first-order valence-electron chi connectivity index (χ1n) is 3.86. The maximum atomic E-state index is 10.8. The first-order chi connectivity index (χ1) is 5.64. The van der Waals surface area contributed by atoms with Crippen LogP contribution in [0.3, 0.4) is 0 Å². The zero-order valence-corrected chi connectivity index (χ0v) is 7.41. The summed E-state index contributed by atoms with van der Waals surface area (Å²) < 4.78 is 0. The van der Waals surface area contributed by atoms with E-state index in [0.717, 1.165) is 12.0 Å². The topological polar surface area (TPSA) is 60.2 Å². The lowest BCUT2D eigenvalue weighted by molar-refractivity contribution is -0.503. The normalized spacial score (nSPS) is 49.9. The highest BCUT2D eigenvalue weighted by Gasteiger charge is 2.79. The van der Waals surface area contributed by atoms with Gasteiger partial charge < -0.3 is 4.79 Å². The molecule has 1 aliphatic heterocycles. The second-order valence-corrected chi connectivity index (χ2v) is 4.80. The van der Waals surface area contributed by atoms with Crippen LogP contribution >= 0.6 is 11.8 Å². The van der Waals surface area contributed by atoms with Gasteiger partial charge in [-0.1, -0.05) is 6.92 Å². The van der Waals surface area contributed by atoms with Gasteiger partial charge in [0.15, 0.2) is 0 Å². The van der Waals surface area contributed by atoms with Gasteiger partial charge in [0.1, 0.15) is 11.7 Å². The van der Waals surface area contributed by atoms with Gasteiger partial charge in [0.05, 0.1) is 5.92 Å². The number of nitrogens with zero attached hydrogens (tertiary/aromatic N) is 1. The molecule has 0 aromatic carbocycles. The molecule has 4 atom stereocenters. The van der Waals surface area contributed by atoms with Crippen molar-refractivity contribution in [3.05, 3.63) is 10.1 Å². The summed E-state index contributed by atoms with van der Waals surface area (Å²) in [7, 11) is 0. The molecule has 1 saturated heterocycles. The van der Waals surface area contributed by atoms with E-state index in [1.165, 1.54) is 0 Å². The highest BCUT2D eigenvalue weighted by molar-refractivity contribution is 8.00. The van der Waals surface area contributed by atoms with Gasteiger partial charge in [0, 0.05) is 15.9 Å². The van der Waals surface area contributed by atoms with E-state index in [9.17, 15) is 14.9 Å². The Bertz CT molecular complexity index is 257. The Kier molecular flexibility index (Phi) is 1.49. The van der Waals surface area contributed by atoms with Crippen LogP contribution in [0, 0.1) is 21.4 Å². The molecule has 12 heavy (non-hydrogen) atoms. The van der Waals surface area contributed by atoms with Crippen LogP contribution in [0.1, 0.15) is 6.92 Å². The van der Waals surface area contributed by atoms with Crippen molar-refractivity contribution in [2.75, 3.05) is 5.75 Å². The predicted molar refractivity (Wildman–Crippen MR) is 44.7 cm³/mol. The monoisotopic (exact) mass is 187 g/mol. The summed E-state index contributed by atoms with van der Waals surface area (Å²) in [4.78, 5) is 21.0. The molecule has 2 aliphatic rings. The SMILES string of the molecule is C[C@@H]1SC[C@H]2[C@H]([N+](=O)[O-])[C@@]12C=O. The fraction of sp³-hybridized carbons (Fsp3) is 0.857. The summed E-state index contributed by atoms with van der Waals surface area (Å²) in [6, 6.07) is -0.591. The van der Waals surface area contributed by atoms with Crippen molar-refractivity contribution in [2.24, 2.45) is 11.3 Å². The number of hydrogen-bond acceptors (Lipinski definition) is 4. The van der Waals surface area contributed by atoms with Crippen LogP contribution in [0.5, 0.6) is 0 Å². The minimum atomic E-state index is -0.617. The molecule has 1 saturated carbocycles. The number of carbonyl (C=O) groups excluding carboxylic acids is 1. The fourth-order valence-electron chi connectivity index (χ4n) is 2.23. The van der Waals surface area contributed by atoms with Crippen molar-refractivity contribution >= 4 is 18.0 Å². The van der Waals surface area contributed by atoms with E-state index in [0.29, 0.717) is 0 Å². The van der Waals surface area contributed by atoms with Crippen molar-refractivity contribution in [1.29, 1.82) is 0 Å². The van der Waals surface area contributed by atoms with Gasteiger partial charge in [-0.25, -0.2) is 0 Å². The summed E-state index contributed by atoms with van der Waals surface area (Å²) in [6.07, 6.45) is 0.801. The Morgan fingerprint density at radius 3 is 2.75 bits per heavy atom. The van der Waals surface area contributed by atoms with Crippen LogP contribution in [-0.2, 0) is 4.79 Å². The molecule has 2 rings (SSSR count). The summed E-state index contributed by atoms with van der Waals surface area (Å²) in [5.74, 6) is 0.774. The van der Waals surface area contributed by atoms with Crippen molar-refractivity contribution in [3.63, 3.8) is 0 Å². The predicted octanol–water partition coefficient (Wildman–Crippen LogP) is 0.582.